The van der Waals surface area contributed by atoms with E-state index in [-0.39, 0.29) is 0 Å². The Hall–Kier alpha value is -1.81. The molecule has 31 heavy (non-hydrogen) atoms. The maximum Gasteiger partial charge on any atom is 0.209 e. The quantitative estimate of drug-likeness (QED) is 0.266. The Morgan fingerprint density at radius 1 is 1.16 bits per heavy atom. The van der Waals surface area contributed by atoms with E-state index in [1.165, 1.54) is 0 Å². The molecule has 3 aromatic rings. The van der Waals surface area contributed by atoms with Crippen molar-refractivity contribution in [3.63, 3.8) is 0 Å². The molecule has 0 radical (unpaired) electrons. The maximum atomic E-state index is 6.24. The zero-order chi connectivity index (χ0) is 22.1. The van der Waals surface area contributed by atoms with Crippen molar-refractivity contribution in [2.75, 3.05) is 18.9 Å². The summed E-state index contributed by atoms with van der Waals surface area (Å²) in [5.41, 5.74) is 2.04. The van der Waals surface area contributed by atoms with Gasteiger partial charge in [-0.2, -0.15) is 0 Å². The smallest absolute Gasteiger partial charge is 0.209 e. The van der Waals surface area contributed by atoms with Gasteiger partial charge >= 0.3 is 0 Å². The Kier molecular flexibility index (Phi) is 9.45. The third-order valence-electron chi connectivity index (χ3n) is 4.38. The first-order valence-corrected chi connectivity index (χ1v) is 12.1. The molecular weight excluding hydrogens is 502 g/mol. The van der Waals surface area contributed by atoms with E-state index < -0.39 is 0 Å². The third kappa shape index (κ3) is 7.10. The first-order valence-electron chi connectivity index (χ1n) is 9.95. The minimum absolute atomic E-state index is 0.377. The molecule has 0 fully saturated rings. The predicted molar refractivity (Wildman–Crippen MR) is 127 cm³/mol. The van der Waals surface area contributed by atoms with Gasteiger partial charge in [-0.05, 0) is 54.1 Å². The van der Waals surface area contributed by atoms with Gasteiger partial charge in [-0.1, -0.05) is 57.5 Å². The highest BCUT2D eigenvalue weighted by molar-refractivity contribution is 9.10. The van der Waals surface area contributed by atoms with E-state index in [1.54, 1.807) is 16.4 Å². The molecule has 0 aliphatic carbocycles. The van der Waals surface area contributed by atoms with E-state index in [2.05, 4.69) is 36.8 Å². The van der Waals surface area contributed by atoms with Gasteiger partial charge in [-0.25, -0.2) is 4.68 Å². The van der Waals surface area contributed by atoms with Crippen LogP contribution >= 0.6 is 39.3 Å². The zero-order valence-electron chi connectivity index (χ0n) is 17.5. The van der Waals surface area contributed by atoms with Crippen LogP contribution in [0, 0.1) is 0 Å². The molecule has 3 rings (SSSR count). The SMILES string of the molecule is CCOc1cc(CNCCCSc2nnnn2C)c(Br)cc1OCc1ccccc1Cl. The van der Waals surface area contributed by atoms with Crippen molar-refractivity contribution in [2.24, 2.45) is 7.05 Å². The van der Waals surface area contributed by atoms with E-state index >= 15 is 0 Å². The summed E-state index contributed by atoms with van der Waals surface area (Å²) in [4.78, 5) is 0. The molecule has 7 nitrogen and oxygen atoms in total. The standard InChI is InChI=1S/C21H25BrClN5O2S/c1-3-29-19-11-16(13-24-9-6-10-31-21-25-26-27-28(21)2)17(22)12-20(19)30-14-15-7-4-5-8-18(15)23/h4-5,7-8,11-12,24H,3,6,9-10,13-14H2,1-2H3. The van der Waals surface area contributed by atoms with Crippen LogP contribution in [0.5, 0.6) is 11.5 Å². The number of hydrogen-bond acceptors (Lipinski definition) is 7. The molecule has 0 aliphatic heterocycles. The largest absolute Gasteiger partial charge is 0.490 e. The van der Waals surface area contributed by atoms with Gasteiger partial charge < -0.3 is 14.8 Å². The summed E-state index contributed by atoms with van der Waals surface area (Å²) in [5.74, 6) is 2.35. The monoisotopic (exact) mass is 525 g/mol. The fourth-order valence-corrected chi connectivity index (χ4v) is 4.23. The van der Waals surface area contributed by atoms with E-state index in [0.717, 1.165) is 51.8 Å². The molecule has 1 N–H and O–H groups in total. The molecule has 0 saturated carbocycles. The molecule has 166 valence electrons. The molecular formula is C21H25BrClN5O2S. The van der Waals surface area contributed by atoms with Gasteiger partial charge in [0.1, 0.15) is 6.61 Å². The summed E-state index contributed by atoms with van der Waals surface area (Å²) in [6.45, 7) is 4.51. The Morgan fingerprint density at radius 3 is 2.71 bits per heavy atom. The number of halogens is 2. The van der Waals surface area contributed by atoms with Crippen molar-refractivity contribution in [3.05, 3.63) is 57.0 Å². The number of thioether (sulfide) groups is 1. The van der Waals surface area contributed by atoms with E-state index in [9.17, 15) is 0 Å². The third-order valence-corrected chi connectivity index (χ3v) is 6.58. The Bertz CT molecular complexity index is 988. The first-order chi connectivity index (χ1) is 15.1. The number of aryl methyl sites for hydroxylation is 1. The van der Waals surface area contributed by atoms with Gasteiger partial charge in [0.05, 0.1) is 6.61 Å². The number of nitrogens with zero attached hydrogens (tertiary/aromatic N) is 4. The number of aromatic nitrogens is 4. The minimum atomic E-state index is 0.377. The molecule has 0 amide bonds. The average molecular weight is 527 g/mol. The number of benzene rings is 2. The number of ether oxygens (including phenoxy) is 2. The Labute approximate surface area is 200 Å². The second kappa shape index (κ2) is 12.3. The Morgan fingerprint density at radius 2 is 1.97 bits per heavy atom. The van der Waals surface area contributed by atoms with Crippen molar-refractivity contribution in [1.29, 1.82) is 0 Å². The van der Waals surface area contributed by atoms with E-state index in [1.807, 2.05) is 50.4 Å². The molecule has 10 heteroatoms. The minimum Gasteiger partial charge on any atom is -0.490 e. The van der Waals surface area contributed by atoms with Crippen LogP contribution in [-0.4, -0.2) is 39.1 Å². The lowest BCUT2D eigenvalue weighted by atomic mass is 10.2. The number of rotatable bonds is 12. The van der Waals surface area contributed by atoms with Crippen LogP contribution in [0.2, 0.25) is 5.02 Å². The fraction of sp³-hybridized carbons (Fsp3) is 0.381. The van der Waals surface area contributed by atoms with Gasteiger partial charge in [-0.3, -0.25) is 0 Å². The molecule has 1 heterocycles. The van der Waals surface area contributed by atoms with E-state index in [4.69, 9.17) is 21.1 Å². The zero-order valence-corrected chi connectivity index (χ0v) is 20.6. The molecule has 0 atom stereocenters. The van der Waals surface area contributed by atoms with Gasteiger partial charge in [-0.15, -0.1) is 5.10 Å². The lowest BCUT2D eigenvalue weighted by molar-refractivity contribution is 0.269. The molecule has 0 spiro atoms. The highest BCUT2D eigenvalue weighted by atomic mass is 79.9. The summed E-state index contributed by atoms with van der Waals surface area (Å²) in [5, 5.41) is 16.4. The summed E-state index contributed by atoms with van der Waals surface area (Å²) in [6.07, 6.45) is 1.01. The van der Waals surface area contributed by atoms with Crippen molar-refractivity contribution in [1.82, 2.24) is 25.5 Å². The number of hydrogen-bond donors (Lipinski definition) is 1. The average Bonchev–Trinajstić information content (AvgIpc) is 3.17. The van der Waals surface area contributed by atoms with Crippen molar-refractivity contribution in [2.45, 2.75) is 31.7 Å². The molecule has 0 unspecified atom stereocenters. The molecule has 1 aromatic heterocycles. The van der Waals surface area contributed by atoms with Crippen molar-refractivity contribution >= 4 is 39.3 Å². The van der Waals surface area contributed by atoms with Crippen molar-refractivity contribution < 1.29 is 9.47 Å². The topological polar surface area (TPSA) is 74.1 Å². The highest BCUT2D eigenvalue weighted by Crippen LogP contribution is 2.35. The summed E-state index contributed by atoms with van der Waals surface area (Å²) in [6, 6.07) is 11.6. The van der Waals surface area contributed by atoms with Crippen LogP contribution < -0.4 is 14.8 Å². The second-order valence-corrected chi connectivity index (χ2v) is 8.99. The lowest BCUT2D eigenvalue weighted by Gasteiger charge is -2.16. The number of nitrogens with one attached hydrogen (secondary N) is 1. The van der Waals surface area contributed by atoms with Crippen LogP contribution in [0.4, 0.5) is 0 Å². The van der Waals surface area contributed by atoms with E-state index in [0.29, 0.717) is 24.0 Å². The second-order valence-electron chi connectivity index (χ2n) is 6.67. The van der Waals surface area contributed by atoms with Gasteiger partial charge in [0.25, 0.3) is 0 Å². The highest BCUT2D eigenvalue weighted by Gasteiger charge is 2.12. The Balaban J connectivity index is 1.52. The predicted octanol–water partition coefficient (Wildman–Crippen LogP) is 4.88. The normalized spacial score (nSPS) is 11.0. The lowest BCUT2D eigenvalue weighted by Crippen LogP contribution is -2.16. The molecule has 0 bridgehead atoms. The number of tetrazole rings is 1. The van der Waals surface area contributed by atoms with Crippen LogP contribution in [0.3, 0.4) is 0 Å². The van der Waals surface area contributed by atoms with Crippen LogP contribution in [0.25, 0.3) is 0 Å². The first kappa shape index (κ1) is 23.8. The van der Waals surface area contributed by atoms with Crippen LogP contribution in [0.15, 0.2) is 46.0 Å². The summed E-state index contributed by atoms with van der Waals surface area (Å²) in [7, 11) is 1.84. The van der Waals surface area contributed by atoms with Gasteiger partial charge in [0, 0.05) is 34.4 Å². The molecule has 2 aromatic carbocycles. The maximum absolute atomic E-state index is 6.24. The summed E-state index contributed by atoms with van der Waals surface area (Å²) >= 11 is 11.5. The van der Waals surface area contributed by atoms with Crippen LogP contribution in [-0.2, 0) is 20.2 Å². The van der Waals surface area contributed by atoms with Gasteiger partial charge in [0.2, 0.25) is 5.16 Å². The summed E-state index contributed by atoms with van der Waals surface area (Å²) < 4.78 is 14.5. The molecule has 0 saturated heterocycles. The van der Waals surface area contributed by atoms with Gasteiger partial charge in [0.15, 0.2) is 11.5 Å². The fourth-order valence-electron chi connectivity index (χ4n) is 2.79. The van der Waals surface area contributed by atoms with Crippen molar-refractivity contribution in [3.8, 4) is 11.5 Å². The molecule has 0 aliphatic rings. The van der Waals surface area contributed by atoms with Crippen LogP contribution in [0.1, 0.15) is 24.5 Å².